The van der Waals surface area contributed by atoms with Gasteiger partial charge < -0.3 is 19.5 Å². The van der Waals surface area contributed by atoms with Gasteiger partial charge in [0.05, 0.1) is 0 Å². The van der Waals surface area contributed by atoms with Gasteiger partial charge in [-0.3, -0.25) is 4.79 Å². The Morgan fingerprint density at radius 3 is 2.54 bits per heavy atom. The number of amides is 1. The Labute approximate surface area is 153 Å². The smallest absolute Gasteiger partial charge is 0.275 e. The maximum atomic E-state index is 12.4. The predicted molar refractivity (Wildman–Crippen MR) is 104 cm³/mol. The van der Waals surface area contributed by atoms with Gasteiger partial charge in [0, 0.05) is 49.9 Å². The van der Waals surface area contributed by atoms with Crippen LogP contribution >= 0.6 is 0 Å². The molecule has 0 spiro atoms. The fourth-order valence-electron chi connectivity index (χ4n) is 3.32. The first-order valence-corrected chi connectivity index (χ1v) is 9.05. The molecule has 1 aliphatic heterocycles. The van der Waals surface area contributed by atoms with Gasteiger partial charge in [-0.05, 0) is 42.9 Å². The van der Waals surface area contributed by atoms with Gasteiger partial charge in [-0.1, -0.05) is 13.0 Å². The molecule has 0 aliphatic carbocycles. The van der Waals surface area contributed by atoms with Crippen LogP contribution in [-0.4, -0.2) is 52.9 Å². The maximum absolute atomic E-state index is 12.4. The van der Waals surface area contributed by atoms with Crippen LogP contribution in [0, 0.1) is 0 Å². The zero-order valence-corrected chi connectivity index (χ0v) is 14.9. The number of aromatic nitrogens is 2. The molecular formula is C20H23N5O. The minimum absolute atomic E-state index is 0.196. The quantitative estimate of drug-likeness (QED) is 0.787. The summed E-state index contributed by atoms with van der Waals surface area (Å²) in [5.74, 6) is -0.196. The zero-order chi connectivity index (χ0) is 17.9. The average Bonchev–Trinajstić information content (AvgIpc) is 3.13. The van der Waals surface area contributed by atoms with Crippen LogP contribution in [0.2, 0.25) is 0 Å². The standard InChI is InChI=1S/C20H23N5O/c1-2-23-11-13-24(14-12-23)17-8-6-16(7-9-17)21-20(26)18-15-25-10-4-3-5-19(25)22-18/h3-10,15H,2,11-14H2,1H3,(H,21,26). The number of likely N-dealkylation sites (N-methyl/N-ethyl adjacent to an activating group) is 1. The Kier molecular flexibility index (Phi) is 4.58. The summed E-state index contributed by atoms with van der Waals surface area (Å²) < 4.78 is 1.84. The zero-order valence-electron chi connectivity index (χ0n) is 14.9. The largest absolute Gasteiger partial charge is 0.369 e. The van der Waals surface area contributed by atoms with E-state index >= 15 is 0 Å². The second-order valence-corrected chi connectivity index (χ2v) is 6.51. The molecule has 0 saturated carbocycles. The molecule has 1 saturated heterocycles. The molecule has 1 N–H and O–H groups in total. The third kappa shape index (κ3) is 3.41. The lowest BCUT2D eigenvalue weighted by molar-refractivity contribution is 0.102. The van der Waals surface area contributed by atoms with Gasteiger partial charge in [-0.15, -0.1) is 0 Å². The third-order valence-electron chi connectivity index (χ3n) is 4.91. The molecule has 1 amide bonds. The fraction of sp³-hybridized carbons (Fsp3) is 0.300. The van der Waals surface area contributed by atoms with E-state index in [9.17, 15) is 4.79 Å². The van der Waals surface area contributed by atoms with E-state index in [4.69, 9.17) is 0 Å². The van der Waals surface area contributed by atoms with Gasteiger partial charge in [0.25, 0.3) is 5.91 Å². The van der Waals surface area contributed by atoms with E-state index in [1.807, 2.05) is 40.9 Å². The topological polar surface area (TPSA) is 52.9 Å². The Balaban J connectivity index is 1.41. The first-order valence-electron chi connectivity index (χ1n) is 9.05. The van der Waals surface area contributed by atoms with Crippen LogP contribution in [0.5, 0.6) is 0 Å². The van der Waals surface area contributed by atoms with Crippen molar-refractivity contribution in [1.82, 2.24) is 14.3 Å². The highest BCUT2D eigenvalue weighted by Gasteiger charge is 2.16. The summed E-state index contributed by atoms with van der Waals surface area (Å²) in [5, 5.41) is 2.92. The Morgan fingerprint density at radius 1 is 1.08 bits per heavy atom. The van der Waals surface area contributed by atoms with Gasteiger partial charge in [-0.25, -0.2) is 4.98 Å². The van der Waals surface area contributed by atoms with Crippen molar-refractivity contribution < 1.29 is 4.79 Å². The number of anilines is 2. The molecule has 1 aliphatic rings. The Bertz CT molecular complexity index is 861. The van der Waals surface area contributed by atoms with Crippen LogP contribution in [0.1, 0.15) is 17.4 Å². The number of carbonyl (C=O) groups is 1. The molecule has 0 unspecified atom stereocenters. The van der Waals surface area contributed by atoms with E-state index in [1.54, 1.807) is 6.20 Å². The van der Waals surface area contributed by atoms with Crippen molar-refractivity contribution in [1.29, 1.82) is 0 Å². The number of benzene rings is 1. The Morgan fingerprint density at radius 2 is 1.85 bits per heavy atom. The van der Waals surface area contributed by atoms with Crippen LogP contribution in [-0.2, 0) is 0 Å². The highest BCUT2D eigenvalue weighted by molar-refractivity contribution is 6.03. The summed E-state index contributed by atoms with van der Waals surface area (Å²) in [6.45, 7) is 7.60. The lowest BCUT2D eigenvalue weighted by Gasteiger charge is -2.35. The highest BCUT2D eigenvalue weighted by Crippen LogP contribution is 2.20. The summed E-state index contributed by atoms with van der Waals surface area (Å²) in [7, 11) is 0. The fourth-order valence-corrected chi connectivity index (χ4v) is 3.32. The normalized spacial score (nSPS) is 15.3. The van der Waals surface area contributed by atoms with Crippen LogP contribution in [0.3, 0.4) is 0 Å². The minimum atomic E-state index is -0.196. The number of piperazine rings is 1. The SMILES string of the molecule is CCN1CCN(c2ccc(NC(=O)c3cn4ccccc4n3)cc2)CC1. The molecule has 1 aromatic carbocycles. The molecule has 0 atom stereocenters. The molecule has 26 heavy (non-hydrogen) atoms. The molecule has 1 fully saturated rings. The number of fused-ring (bicyclic) bond motifs is 1. The number of imidazole rings is 1. The molecule has 6 heteroatoms. The van der Waals surface area contributed by atoms with Crippen molar-refractivity contribution in [3.63, 3.8) is 0 Å². The van der Waals surface area contributed by atoms with Gasteiger partial charge in [0.2, 0.25) is 0 Å². The third-order valence-corrected chi connectivity index (χ3v) is 4.91. The molecule has 0 radical (unpaired) electrons. The molecular weight excluding hydrogens is 326 g/mol. The van der Waals surface area contributed by atoms with Gasteiger partial charge in [-0.2, -0.15) is 0 Å². The highest BCUT2D eigenvalue weighted by atomic mass is 16.1. The number of nitrogens with zero attached hydrogens (tertiary/aromatic N) is 4. The summed E-state index contributed by atoms with van der Waals surface area (Å²) >= 11 is 0. The van der Waals surface area contributed by atoms with Crippen LogP contribution in [0.15, 0.2) is 54.9 Å². The summed E-state index contributed by atoms with van der Waals surface area (Å²) in [4.78, 5) is 21.6. The lowest BCUT2D eigenvalue weighted by atomic mass is 10.2. The van der Waals surface area contributed by atoms with Gasteiger partial charge >= 0.3 is 0 Å². The summed E-state index contributed by atoms with van der Waals surface area (Å²) in [6.07, 6.45) is 3.62. The van der Waals surface area contributed by atoms with Gasteiger partial charge in [0.1, 0.15) is 11.3 Å². The Hall–Kier alpha value is -2.86. The number of hydrogen-bond donors (Lipinski definition) is 1. The summed E-state index contributed by atoms with van der Waals surface area (Å²) in [5.41, 5.74) is 3.16. The van der Waals surface area contributed by atoms with E-state index in [0.29, 0.717) is 5.69 Å². The molecule has 4 rings (SSSR count). The van der Waals surface area contributed by atoms with E-state index in [2.05, 4.69) is 39.2 Å². The average molecular weight is 349 g/mol. The van der Waals surface area contributed by atoms with Crippen molar-refractivity contribution in [2.24, 2.45) is 0 Å². The second kappa shape index (κ2) is 7.17. The first kappa shape index (κ1) is 16.6. The van der Waals surface area contributed by atoms with Crippen LogP contribution < -0.4 is 10.2 Å². The number of carbonyl (C=O) groups excluding carboxylic acids is 1. The molecule has 134 valence electrons. The van der Waals surface area contributed by atoms with Crippen LogP contribution in [0.4, 0.5) is 11.4 Å². The van der Waals surface area contributed by atoms with E-state index in [-0.39, 0.29) is 5.91 Å². The maximum Gasteiger partial charge on any atom is 0.275 e. The number of nitrogens with one attached hydrogen (secondary N) is 1. The molecule has 3 aromatic rings. The van der Waals surface area contributed by atoms with Crippen molar-refractivity contribution >= 4 is 22.9 Å². The minimum Gasteiger partial charge on any atom is -0.369 e. The summed E-state index contributed by atoms with van der Waals surface area (Å²) in [6, 6.07) is 13.7. The van der Waals surface area contributed by atoms with Gasteiger partial charge in [0.15, 0.2) is 0 Å². The number of rotatable bonds is 4. The van der Waals surface area contributed by atoms with Crippen molar-refractivity contribution in [3.05, 3.63) is 60.6 Å². The molecule has 3 heterocycles. The van der Waals surface area contributed by atoms with E-state index in [1.165, 1.54) is 5.69 Å². The number of hydrogen-bond acceptors (Lipinski definition) is 4. The monoisotopic (exact) mass is 349 g/mol. The molecule has 2 aromatic heterocycles. The predicted octanol–water partition coefficient (Wildman–Crippen LogP) is 2.73. The molecule has 0 bridgehead atoms. The number of pyridine rings is 1. The van der Waals surface area contributed by atoms with Crippen molar-refractivity contribution in [3.8, 4) is 0 Å². The van der Waals surface area contributed by atoms with Crippen LogP contribution in [0.25, 0.3) is 5.65 Å². The van der Waals surface area contributed by atoms with E-state index in [0.717, 1.165) is 44.1 Å². The van der Waals surface area contributed by atoms with Crippen molar-refractivity contribution in [2.75, 3.05) is 42.9 Å². The lowest BCUT2D eigenvalue weighted by Crippen LogP contribution is -2.46. The van der Waals surface area contributed by atoms with E-state index < -0.39 is 0 Å². The molecule has 6 nitrogen and oxygen atoms in total. The first-order chi connectivity index (χ1) is 12.7. The van der Waals surface area contributed by atoms with Crippen molar-refractivity contribution in [2.45, 2.75) is 6.92 Å². The second-order valence-electron chi connectivity index (χ2n) is 6.51.